The van der Waals surface area contributed by atoms with Gasteiger partial charge in [0.15, 0.2) is 5.69 Å². The van der Waals surface area contributed by atoms with Gasteiger partial charge in [0, 0.05) is 24.5 Å². The molecule has 0 aliphatic heterocycles. The quantitative estimate of drug-likeness (QED) is 0.359. The second kappa shape index (κ2) is 10.2. The zero-order chi connectivity index (χ0) is 25.9. The molecule has 4 rings (SSSR count). The Bertz CT molecular complexity index is 1360. The summed E-state index contributed by atoms with van der Waals surface area (Å²) in [6.07, 6.45) is -0.137. The van der Waals surface area contributed by atoms with E-state index in [1.54, 1.807) is 23.0 Å². The van der Waals surface area contributed by atoms with Crippen molar-refractivity contribution in [3.8, 4) is 5.75 Å². The van der Waals surface area contributed by atoms with E-state index in [2.05, 4.69) is 15.5 Å². The maximum absolute atomic E-state index is 14.0. The van der Waals surface area contributed by atoms with Crippen LogP contribution in [0, 0.1) is 12.7 Å². The number of ether oxygens (including phenoxy) is 1. The van der Waals surface area contributed by atoms with Gasteiger partial charge in [-0.05, 0) is 41.8 Å². The van der Waals surface area contributed by atoms with Crippen LogP contribution in [0.3, 0.4) is 0 Å². The molecule has 0 radical (unpaired) electrons. The van der Waals surface area contributed by atoms with Crippen LogP contribution in [-0.4, -0.2) is 32.6 Å². The number of aryl methyl sites for hydroxylation is 1. The van der Waals surface area contributed by atoms with Gasteiger partial charge in [-0.2, -0.15) is 23.4 Å². The van der Waals surface area contributed by atoms with Crippen LogP contribution in [0.5, 0.6) is 5.75 Å². The molecule has 188 valence electrons. The number of halogens is 4. The highest BCUT2D eigenvalue weighted by Gasteiger charge is 2.39. The topological polar surface area (TPSA) is 74.0 Å². The molecule has 2 aromatic carbocycles. The van der Waals surface area contributed by atoms with Gasteiger partial charge in [-0.1, -0.05) is 24.3 Å². The molecule has 0 aliphatic rings. The number of nitrogens with one attached hydrogen (secondary N) is 1. The van der Waals surface area contributed by atoms with Crippen LogP contribution in [0.15, 0.2) is 61.1 Å². The van der Waals surface area contributed by atoms with Crippen molar-refractivity contribution in [1.82, 2.24) is 24.9 Å². The molecule has 0 bridgehead atoms. The molecule has 4 aromatic rings. The van der Waals surface area contributed by atoms with Crippen LogP contribution in [0.2, 0.25) is 0 Å². The first-order chi connectivity index (χ1) is 17.1. The van der Waals surface area contributed by atoms with E-state index in [9.17, 15) is 22.4 Å². The van der Waals surface area contributed by atoms with Crippen LogP contribution in [0.1, 0.15) is 38.3 Å². The van der Waals surface area contributed by atoms with Gasteiger partial charge in [0.25, 0.3) is 5.91 Å². The van der Waals surface area contributed by atoms with Gasteiger partial charge in [-0.15, -0.1) is 0 Å². The molecule has 0 aliphatic carbocycles. The molecule has 11 heteroatoms. The third-order valence-corrected chi connectivity index (χ3v) is 5.44. The van der Waals surface area contributed by atoms with Gasteiger partial charge in [-0.3, -0.25) is 14.2 Å². The van der Waals surface area contributed by atoms with E-state index in [1.165, 1.54) is 19.2 Å². The highest BCUT2D eigenvalue weighted by molar-refractivity contribution is 5.95. The summed E-state index contributed by atoms with van der Waals surface area (Å²) >= 11 is 0. The van der Waals surface area contributed by atoms with Gasteiger partial charge in [0.1, 0.15) is 11.6 Å². The molecule has 2 heterocycles. The van der Waals surface area contributed by atoms with Crippen molar-refractivity contribution >= 4 is 5.91 Å². The summed E-state index contributed by atoms with van der Waals surface area (Å²) in [4.78, 5) is 12.6. The summed E-state index contributed by atoms with van der Waals surface area (Å²) in [6, 6.07) is 11.2. The number of aromatic nitrogens is 4. The monoisotopic (exact) mass is 501 g/mol. The minimum absolute atomic E-state index is 0.0298. The molecule has 2 aromatic heterocycles. The van der Waals surface area contributed by atoms with Crippen LogP contribution in [0.25, 0.3) is 0 Å². The number of hydrogen-bond donors (Lipinski definition) is 1. The van der Waals surface area contributed by atoms with Crippen LogP contribution >= 0.6 is 0 Å². The molecule has 36 heavy (non-hydrogen) atoms. The maximum atomic E-state index is 14.0. The molecule has 0 saturated carbocycles. The Hall–Kier alpha value is -4.15. The second-order valence-electron chi connectivity index (χ2n) is 8.26. The molecular weight excluding hydrogens is 478 g/mol. The van der Waals surface area contributed by atoms with E-state index < -0.39 is 29.2 Å². The van der Waals surface area contributed by atoms with Crippen molar-refractivity contribution in [2.24, 2.45) is 0 Å². The van der Waals surface area contributed by atoms with Crippen molar-refractivity contribution in [3.05, 3.63) is 100 Å². The minimum Gasteiger partial charge on any atom is -0.497 e. The zero-order valence-corrected chi connectivity index (χ0v) is 19.5. The third kappa shape index (κ3) is 5.91. The van der Waals surface area contributed by atoms with Crippen molar-refractivity contribution in [3.63, 3.8) is 0 Å². The Morgan fingerprint density at radius 1 is 1.03 bits per heavy atom. The van der Waals surface area contributed by atoms with E-state index in [-0.39, 0.29) is 18.7 Å². The number of alkyl halides is 3. The number of methoxy groups -OCH3 is 1. The lowest BCUT2D eigenvalue weighted by Crippen LogP contribution is -2.25. The van der Waals surface area contributed by atoms with Crippen LogP contribution < -0.4 is 10.1 Å². The van der Waals surface area contributed by atoms with Crippen molar-refractivity contribution < 1.29 is 27.1 Å². The van der Waals surface area contributed by atoms with E-state index in [0.29, 0.717) is 17.9 Å². The SMILES string of the molecule is COc1ccc(F)c(CNC(=O)c2cn(Cc3ccc(Cn4cc(C)cn4)cc3)nc2C(F)(F)F)c1. The first kappa shape index (κ1) is 25.0. The Balaban J connectivity index is 1.48. The number of amides is 1. The number of nitrogens with zero attached hydrogens (tertiary/aromatic N) is 4. The summed E-state index contributed by atoms with van der Waals surface area (Å²) in [5, 5.41) is 10.2. The van der Waals surface area contributed by atoms with Crippen LogP contribution in [-0.2, 0) is 25.8 Å². The average molecular weight is 501 g/mol. The molecular formula is C25H23F4N5O2. The van der Waals surface area contributed by atoms with E-state index in [0.717, 1.165) is 28.1 Å². The molecule has 0 unspecified atom stereocenters. The first-order valence-corrected chi connectivity index (χ1v) is 10.9. The van der Waals surface area contributed by atoms with E-state index in [1.807, 2.05) is 25.3 Å². The Morgan fingerprint density at radius 2 is 1.69 bits per heavy atom. The molecule has 1 N–H and O–H groups in total. The standard InChI is InChI=1S/C25H23F4N5O2/c1-16-10-31-33(12-16)13-17-3-5-18(6-4-17)14-34-15-21(23(32-34)25(27,28)29)24(35)30-11-19-9-20(36-2)7-8-22(19)26/h3-10,12,15H,11,13-14H2,1-2H3,(H,30,35). The summed E-state index contributed by atoms with van der Waals surface area (Å²) in [7, 11) is 1.40. The second-order valence-corrected chi connectivity index (χ2v) is 8.26. The van der Waals surface area contributed by atoms with Gasteiger partial charge < -0.3 is 10.1 Å². The first-order valence-electron chi connectivity index (χ1n) is 10.9. The summed E-state index contributed by atoms with van der Waals surface area (Å²) < 4.78 is 62.7. The smallest absolute Gasteiger partial charge is 0.435 e. The molecule has 1 amide bonds. The lowest BCUT2D eigenvalue weighted by atomic mass is 10.1. The highest BCUT2D eigenvalue weighted by atomic mass is 19.4. The van der Waals surface area contributed by atoms with E-state index in [4.69, 9.17) is 4.74 Å². The fourth-order valence-electron chi connectivity index (χ4n) is 3.64. The molecule has 0 spiro atoms. The summed E-state index contributed by atoms with van der Waals surface area (Å²) in [5.74, 6) is -1.27. The summed E-state index contributed by atoms with van der Waals surface area (Å²) in [6.45, 7) is 2.22. The van der Waals surface area contributed by atoms with Gasteiger partial charge in [0.05, 0.1) is 32.0 Å². The van der Waals surface area contributed by atoms with Crippen LogP contribution in [0.4, 0.5) is 17.6 Å². The number of hydrogen-bond acceptors (Lipinski definition) is 4. The predicted octanol–water partition coefficient (Wildman–Crippen LogP) is 4.58. The number of benzene rings is 2. The molecule has 0 fully saturated rings. The lowest BCUT2D eigenvalue weighted by molar-refractivity contribution is -0.141. The molecule has 0 saturated heterocycles. The average Bonchev–Trinajstić information content (AvgIpc) is 3.45. The minimum atomic E-state index is -4.84. The van der Waals surface area contributed by atoms with E-state index >= 15 is 0 Å². The van der Waals surface area contributed by atoms with Crippen molar-refractivity contribution in [1.29, 1.82) is 0 Å². The molecule has 0 atom stereocenters. The van der Waals surface area contributed by atoms with Crippen molar-refractivity contribution in [2.45, 2.75) is 32.7 Å². The summed E-state index contributed by atoms with van der Waals surface area (Å²) in [5.41, 5.74) is 0.849. The zero-order valence-electron chi connectivity index (χ0n) is 19.5. The molecule has 7 nitrogen and oxygen atoms in total. The van der Waals surface area contributed by atoms with Gasteiger partial charge >= 0.3 is 6.18 Å². The Kier molecular flexibility index (Phi) is 7.09. The highest BCUT2D eigenvalue weighted by Crippen LogP contribution is 2.31. The number of rotatable bonds is 8. The Labute approximate surface area is 204 Å². The Morgan fingerprint density at radius 3 is 2.28 bits per heavy atom. The number of carbonyl (C=O) groups is 1. The van der Waals surface area contributed by atoms with Crippen molar-refractivity contribution in [2.75, 3.05) is 7.11 Å². The predicted molar refractivity (Wildman–Crippen MR) is 123 cm³/mol. The fourth-order valence-corrected chi connectivity index (χ4v) is 3.64. The number of carbonyl (C=O) groups excluding carboxylic acids is 1. The third-order valence-electron chi connectivity index (χ3n) is 5.44. The van der Waals surface area contributed by atoms with Gasteiger partial charge in [-0.25, -0.2) is 4.39 Å². The normalized spacial score (nSPS) is 11.5. The maximum Gasteiger partial charge on any atom is 0.435 e. The van der Waals surface area contributed by atoms with Gasteiger partial charge in [0.2, 0.25) is 0 Å². The largest absolute Gasteiger partial charge is 0.497 e. The fraction of sp³-hybridized carbons (Fsp3) is 0.240. The lowest BCUT2D eigenvalue weighted by Gasteiger charge is -2.09.